The molecule has 0 fully saturated rings. The molecule has 30 heavy (non-hydrogen) atoms. The molecule has 0 unspecified atom stereocenters. The number of ether oxygens (including phenoxy) is 3. The fraction of sp³-hybridized carbons (Fsp3) is 0.318. The van der Waals surface area contributed by atoms with Gasteiger partial charge in [-0.05, 0) is 48.0 Å². The Kier molecular flexibility index (Phi) is 6.56. The van der Waals surface area contributed by atoms with Crippen LogP contribution in [0.25, 0.3) is 0 Å². The minimum absolute atomic E-state index is 0.141. The van der Waals surface area contributed by atoms with E-state index in [-0.39, 0.29) is 18.7 Å². The van der Waals surface area contributed by atoms with Crippen molar-refractivity contribution in [2.45, 2.75) is 25.3 Å². The molecule has 3 rings (SSSR count). The van der Waals surface area contributed by atoms with Crippen LogP contribution >= 0.6 is 0 Å². The van der Waals surface area contributed by atoms with Crippen LogP contribution in [0.15, 0.2) is 47.6 Å². The fourth-order valence-electron chi connectivity index (χ4n) is 3.37. The Balaban J connectivity index is 1.98. The normalized spacial score (nSPS) is 15.5. The van der Waals surface area contributed by atoms with Crippen LogP contribution in [-0.4, -0.2) is 49.0 Å². The van der Waals surface area contributed by atoms with Crippen LogP contribution in [-0.2, 0) is 9.59 Å². The van der Waals surface area contributed by atoms with Crippen molar-refractivity contribution in [1.29, 1.82) is 0 Å². The molecule has 0 bridgehead atoms. The van der Waals surface area contributed by atoms with E-state index in [4.69, 9.17) is 19.3 Å². The zero-order valence-corrected chi connectivity index (χ0v) is 17.1. The van der Waals surface area contributed by atoms with Crippen molar-refractivity contribution in [1.82, 2.24) is 5.01 Å². The molecule has 1 N–H and O–H groups in total. The highest BCUT2D eigenvalue weighted by Gasteiger charge is 2.35. The predicted octanol–water partition coefficient (Wildman–Crippen LogP) is 3.25. The second-order valence-electron chi connectivity index (χ2n) is 6.74. The first-order valence-corrected chi connectivity index (χ1v) is 9.44. The lowest BCUT2D eigenvalue weighted by molar-refractivity contribution is -0.141. The largest absolute Gasteiger partial charge is 0.497 e. The molecule has 0 radical (unpaired) electrons. The second-order valence-corrected chi connectivity index (χ2v) is 6.74. The summed E-state index contributed by atoms with van der Waals surface area (Å²) < 4.78 is 16.0. The summed E-state index contributed by atoms with van der Waals surface area (Å²) in [4.78, 5) is 23.8. The number of hydrogen-bond donors (Lipinski definition) is 1. The SMILES string of the molecule is COc1ccc(C2=NN(C(=O)CCC(=O)O)[C@@H](c3cc(OC)ccc3OC)C2)cc1. The second kappa shape index (κ2) is 9.30. The quantitative estimate of drug-likeness (QED) is 0.715. The summed E-state index contributed by atoms with van der Waals surface area (Å²) in [5, 5.41) is 14.9. The van der Waals surface area contributed by atoms with Gasteiger partial charge in [-0.2, -0.15) is 5.10 Å². The Bertz CT molecular complexity index is 955. The molecule has 2 aromatic rings. The molecule has 8 nitrogen and oxygen atoms in total. The van der Waals surface area contributed by atoms with Crippen LogP contribution in [0.3, 0.4) is 0 Å². The van der Waals surface area contributed by atoms with E-state index in [0.29, 0.717) is 17.9 Å². The highest BCUT2D eigenvalue weighted by molar-refractivity contribution is 6.03. The van der Waals surface area contributed by atoms with E-state index < -0.39 is 12.0 Å². The zero-order valence-electron chi connectivity index (χ0n) is 17.1. The number of carboxylic acids is 1. The number of hydrogen-bond acceptors (Lipinski definition) is 6. The highest BCUT2D eigenvalue weighted by Crippen LogP contribution is 2.39. The number of carboxylic acid groups (broad SMARTS) is 1. The molecule has 1 aliphatic rings. The monoisotopic (exact) mass is 412 g/mol. The van der Waals surface area contributed by atoms with Gasteiger partial charge in [0, 0.05) is 18.4 Å². The summed E-state index contributed by atoms with van der Waals surface area (Å²) in [6, 6.07) is 12.3. The molecule has 0 aromatic heterocycles. The molecular formula is C22H24N2O6. The van der Waals surface area contributed by atoms with E-state index in [9.17, 15) is 9.59 Å². The number of amides is 1. The first-order chi connectivity index (χ1) is 14.5. The molecule has 0 aliphatic carbocycles. The molecule has 1 heterocycles. The van der Waals surface area contributed by atoms with Crippen molar-refractivity contribution < 1.29 is 28.9 Å². The molecule has 2 aromatic carbocycles. The summed E-state index contributed by atoms with van der Waals surface area (Å²) in [7, 11) is 4.72. The van der Waals surface area contributed by atoms with Gasteiger partial charge in [-0.1, -0.05) is 0 Å². The summed E-state index contributed by atoms with van der Waals surface area (Å²) in [5.74, 6) is 0.551. The van der Waals surface area contributed by atoms with Gasteiger partial charge in [0.15, 0.2) is 0 Å². The van der Waals surface area contributed by atoms with Gasteiger partial charge in [0.05, 0.1) is 39.5 Å². The third-order valence-electron chi connectivity index (χ3n) is 4.94. The number of aliphatic carboxylic acids is 1. The number of methoxy groups -OCH3 is 3. The topological polar surface area (TPSA) is 97.7 Å². The zero-order chi connectivity index (χ0) is 21.7. The van der Waals surface area contributed by atoms with Crippen molar-refractivity contribution in [2.75, 3.05) is 21.3 Å². The molecule has 8 heteroatoms. The smallest absolute Gasteiger partial charge is 0.303 e. The van der Waals surface area contributed by atoms with Gasteiger partial charge in [-0.25, -0.2) is 5.01 Å². The van der Waals surface area contributed by atoms with Gasteiger partial charge in [0.2, 0.25) is 5.91 Å². The van der Waals surface area contributed by atoms with E-state index in [1.807, 2.05) is 30.3 Å². The first-order valence-electron chi connectivity index (χ1n) is 9.44. The highest BCUT2D eigenvalue weighted by atomic mass is 16.5. The number of benzene rings is 2. The van der Waals surface area contributed by atoms with Gasteiger partial charge in [-0.3, -0.25) is 9.59 Å². The van der Waals surface area contributed by atoms with Gasteiger partial charge in [0.25, 0.3) is 0 Å². The van der Waals surface area contributed by atoms with Crippen LogP contribution in [0.4, 0.5) is 0 Å². The van der Waals surface area contributed by atoms with Crippen molar-refractivity contribution in [3.63, 3.8) is 0 Å². The van der Waals surface area contributed by atoms with Crippen LogP contribution in [0.2, 0.25) is 0 Å². The minimum Gasteiger partial charge on any atom is -0.497 e. The number of carbonyl (C=O) groups excluding carboxylic acids is 1. The van der Waals surface area contributed by atoms with Crippen molar-refractivity contribution in [3.05, 3.63) is 53.6 Å². The average Bonchev–Trinajstić information content (AvgIpc) is 3.22. The van der Waals surface area contributed by atoms with Gasteiger partial charge in [-0.15, -0.1) is 0 Å². The standard InChI is InChI=1S/C22H24N2O6/c1-28-15-6-4-14(5-7-15)18-13-19(24(23-18)21(25)10-11-22(26)27)17-12-16(29-2)8-9-20(17)30-3/h4-9,12,19H,10-11,13H2,1-3H3,(H,26,27)/t19-/m1/s1. The Morgan fingerprint density at radius 3 is 2.27 bits per heavy atom. The maximum absolute atomic E-state index is 12.8. The first kappa shape index (κ1) is 21.2. The van der Waals surface area contributed by atoms with E-state index in [1.54, 1.807) is 33.5 Å². The molecule has 1 aliphatic heterocycles. The summed E-state index contributed by atoms with van der Waals surface area (Å²) in [6.07, 6.45) is 0.0524. The number of rotatable bonds is 8. The molecule has 158 valence electrons. The summed E-state index contributed by atoms with van der Waals surface area (Å²) in [5.41, 5.74) is 2.32. The van der Waals surface area contributed by atoms with E-state index in [1.165, 1.54) is 5.01 Å². The summed E-state index contributed by atoms with van der Waals surface area (Å²) in [6.45, 7) is 0. The molecule has 1 atom stereocenters. The Labute approximate surface area is 174 Å². The third kappa shape index (κ3) is 4.53. The van der Waals surface area contributed by atoms with Crippen molar-refractivity contribution in [3.8, 4) is 17.2 Å². The Morgan fingerprint density at radius 2 is 1.67 bits per heavy atom. The maximum Gasteiger partial charge on any atom is 0.303 e. The van der Waals surface area contributed by atoms with Gasteiger partial charge < -0.3 is 19.3 Å². The molecule has 1 amide bonds. The molecule has 0 saturated carbocycles. The lowest BCUT2D eigenvalue weighted by atomic mass is 9.97. The van der Waals surface area contributed by atoms with Crippen LogP contribution < -0.4 is 14.2 Å². The van der Waals surface area contributed by atoms with E-state index in [2.05, 4.69) is 5.10 Å². The lowest BCUT2D eigenvalue weighted by Crippen LogP contribution is -2.27. The van der Waals surface area contributed by atoms with Crippen LogP contribution in [0.1, 0.15) is 36.4 Å². The van der Waals surface area contributed by atoms with Gasteiger partial charge >= 0.3 is 5.97 Å². The number of carbonyl (C=O) groups is 2. The van der Waals surface area contributed by atoms with Crippen molar-refractivity contribution >= 4 is 17.6 Å². The maximum atomic E-state index is 12.8. The van der Waals surface area contributed by atoms with E-state index >= 15 is 0 Å². The van der Waals surface area contributed by atoms with Crippen LogP contribution in [0.5, 0.6) is 17.2 Å². The number of hydrazone groups is 1. The minimum atomic E-state index is -1.03. The van der Waals surface area contributed by atoms with E-state index in [0.717, 1.165) is 22.6 Å². The molecule has 0 saturated heterocycles. The molecule has 0 spiro atoms. The van der Waals surface area contributed by atoms with Crippen LogP contribution in [0, 0.1) is 0 Å². The summed E-state index contributed by atoms with van der Waals surface area (Å²) >= 11 is 0. The molecular weight excluding hydrogens is 388 g/mol. The predicted molar refractivity (Wildman–Crippen MR) is 110 cm³/mol. The average molecular weight is 412 g/mol. The fourth-order valence-corrected chi connectivity index (χ4v) is 3.37. The Morgan fingerprint density at radius 1 is 1.00 bits per heavy atom. The van der Waals surface area contributed by atoms with Crippen molar-refractivity contribution in [2.24, 2.45) is 5.10 Å². The van der Waals surface area contributed by atoms with Gasteiger partial charge in [0.1, 0.15) is 17.2 Å². The Hall–Kier alpha value is -3.55. The third-order valence-corrected chi connectivity index (χ3v) is 4.94. The lowest BCUT2D eigenvalue weighted by Gasteiger charge is -2.24. The number of nitrogens with zero attached hydrogens (tertiary/aromatic N) is 2.